The number of carbonyl (C=O) groups excluding carboxylic acids is 1. The van der Waals surface area contributed by atoms with Gasteiger partial charge >= 0.3 is 6.09 Å². The van der Waals surface area contributed by atoms with Crippen molar-refractivity contribution < 1.29 is 14.3 Å². The van der Waals surface area contributed by atoms with Crippen molar-refractivity contribution in [1.82, 2.24) is 20.1 Å². The number of aromatic nitrogens is 1. The lowest BCUT2D eigenvalue weighted by molar-refractivity contribution is 0.0175. The summed E-state index contributed by atoms with van der Waals surface area (Å²) in [6.45, 7) is 13.9. The Bertz CT molecular complexity index is 1110. The van der Waals surface area contributed by atoms with Crippen LogP contribution in [-0.4, -0.2) is 71.9 Å². The lowest BCUT2D eigenvalue weighted by atomic mass is 9.70. The van der Waals surface area contributed by atoms with Crippen LogP contribution >= 0.6 is 0 Å². The molecule has 1 N–H and O–H groups in total. The third-order valence-electron chi connectivity index (χ3n) is 7.94. The van der Waals surface area contributed by atoms with Gasteiger partial charge in [0.15, 0.2) is 0 Å². The number of ether oxygens (including phenoxy) is 2. The molecule has 0 aliphatic carbocycles. The molecule has 1 amide bonds. The molecule has 5 rings (SSSR count). The van der Waals surface area contributed by atoms with Crippen molar-refractivity contribution in [2.24, 2.45) is 0 Å². The van der Waals surface area contributed by atoms with Gasteiger partial charge in [0.05, 0.1) is 18.0 Å². The maximum absolute atomic E-state index is 12.9. The lowest BCUT2D eigenvalue weighted by Gasteiger charge is -2.47. The molecule has 2 aromatic rings. The van der Waals surface area contributed by atoms with Crippen LogP contribution in [0.2, 0.25) is 0 Å². The van der Waals surface area contributed by atoms with Crippen LogP contribution in [0.25, 0.3) is 11.3 Å². The standard InChI is InChI=1S/C30H42N4O3/c1-5-36-27-11-7-6-10-23(27)25-13-12-24-26(32-25)20-33(21-30(24)14-16-31-17-15-30)19-22-9-8-18-34(22)28(35)37-29(2,3)4/h6-7,10-13,22,31H,5,8-9,14-21H2,1-4H3/t22-/m1/s1. The molecule has 2 fully saturated rings. The number of para-hydroxylation sites is 1. The molecule has 200 valence electrons. The highest BCUT2D eigenvalue weighted by Crippen LogP contribution is 2.42. The average Bonchev–Trinajstić information content (AvgIpc) is 3.32. The topological polar surface area (TPSA) is 66.9 Å². The van der Waals surface area contributed by atoms with Gasteiger partial charge in [-0.05, 0) is 90.2 Å². The SMILES string of the molecule is CCOc1ccccc1-c1ccc2c(n1)CN(C[C@H]1CCCN1C(=O)OC(C)(C)C)CC21CCNCC1. The summed E-state index contributed by atoms with van der Waals surface area (Å²) in [4.78, 5) is 22.7. The smallest absolute Gasteiger partial charge is 0.410 e. The molecule has 1 aromatic heterocycles. The molecule has 2 saturated heterocycles. The molecule has 0 unspecified atom stereocenters. The summed E-state index contributed by atoms with van der Waals surface area (Å²) in [7, 11) is 0. The van der Waals surface area contributed by atoms with Gasteiger partial charge in [-0.1, -0.05) is 18.2 Å². The normalized spacial score (nSPS) is 21.6. The van der Waals surface area contributed by atoms with Crippen molar-refractivity contribution in [1.29, 1.82) is 0 Å². The van der Waals surface area contributed by atoms with Gasteiger partial charge < -0.3 is 19.7 Å². The fourth-order valence-corrected chi connectivity index (χ4v) is 6.34. The Morgan fingerprint density at radius 1 is 1.16 bits per heavy atom. The molecule has 7 heteroatoms. The van der Waals surface area contributed by atoms with E-state index in [4.69, 9.17) is 14.5 Å². The Morgan fingerprint density at radius 3 is 2.70 bits per heavy atom. The predicted octanol–water partition coefficient (Wildman–Crippen LogP) is 4.98. The number of rotatable bonds is 5. The summed E-state index contributed by atoms with van der Waals surface area (Å²) in [6, 6.07) is 12.9. The highest BCUT2D eigenvalue weighted by Gasteiger charge is 2.43. The second kappa shape index (κ2) is 10.6. The number of fused-ring (bicyclic) bond motifs is 2. The molecule has 1 atom stereocenters. The van der Waals surface area contributed by atoms with Crippen LogP contribution in [0.5, 0.6) is 5.75 Å². The van der Waals surface area contributed by atoms with Crippen LogP contribution < -0.4 is 10.1 Å². The summed E-state index contributed by atoms with van der Waals surface area (Å²) in [5, 5.41) is 3.55. The molecule has 1 spiro atoms. The molecule has 1 aromatic carbocycles. The van der Waals surface area contributed by atoms with Crippen LogP contribution in [0.15, 0.2) is 36.4 Å². The molecule has 0 radical (unpaired) electrons. The van der Waals surface area contributed by atoms with Crippen LogP contribution in [0.3, 0.4) is 0 Å². The maximum atomic E-state index is 12.9. The number of amides is 1. The number of hydrogen-bond acceptors (Lipinski definition) is 6. The number of likely N-dealkylation sites (tertiary alicyclic amines) is 1. The van der Waals surface area contributed by atoms with E-state index in [1.54, 1.807) is 0 Å². The Balaban J connectivity index is 1.43. The van der Waals surface area contributed by atoms with Crippen molar-refractivity contribution >= 4 is 6.09 Å². The number of benzene rings is 1. The first kappa shape index (κ1) is 26.0. The fraction of sp³-hybridized carbons (Fsp3) is 0.600. The zero-order chi connectivity index (χ0) is 26.0. The van der Waals surface area contributed by atoms with Crippen LogP contribution in [0, 0.1) is 0 Å². The minimum atomic E-state index is -0.481. The maximum Gasteiger partial charge on any atom is 0.410 e. The minimum Gasteiger partial charge on any atom is -0.493 e. The zero-order valence-corrected chi connectivity index (χ0v) is 22.9. The van der Waals surface area contributed by atoms with Crippen molar-refractivity contribution in [3.8, 4) is 17.0 Å². The highest BCUT2D eigenvalue weighted by atomic mass is 16.6. The second-order valence-electron chi connectivity index (χ2n) is 11.8. The quantitative estimate of drug-likeness (QED) is 0.617. The Morgan fingerprint density at radius 2 is 1.95 bits per heavy atom. The third kappa shape index (κ3) is 5.63. The Kier molecular flexibility index (Phi) is 7.46. The monoisotopic (exact) mass is 506 g/mol. The summed E-state index contributed by atoms with van der Waals surface area (Å²) < 4.78 is 11.7. The van der Waals surface area contributed by atoms with E-state index in [-0.39, 0.29) is 17.6 Å². The van der Waals surface area contributed by atoms with Crippen molar-refractivity contribution in [3.05, 3.63) is 47.7 Å². The number of hydrogen-bond donors (Lipinski definition) is 1. The Hall–Kier alpha value is -2.64. The van der Waals surface area contributed by atoms with Gasteiger partial charge in [-0.3, -0.25) is 9.88 Å². The van der Waals surface area contributed by atoms with Gasteiger partial charge in [0, 0.05) is 43.2 Å². The van der Waals surface area contributed by atoms with Crippen LogP contribution in [0.4, 0.5) is 4.79 Å². The molecular formula is C30H42N4O3. The van der Waals surface area contributed by atoms with E-state index in [1.807, 2.05) is 50.8 Å². The molecule has 4 heterocycles. The van der Waals surface area contributed by atoms with Gasteiger partial charge in [-0.25, -0.2) is 4.79 Å². The largest absolute Gasteiger partial charge is 0.493 e. The third-order valence-corrected chi connectivity index (χ3v) is 7.94. The minimum absolute atomic E-state index is 0.0964. The van der Waals surface area contributed by atoms with Crippen molar-refractivity contribution in [2.45, 2.75) is 77.0 Å². The zero-order valence-electron chi connectivity index (χ0n) is 22.9. The van der Waals surface area contributed by atoms with Gasteiger partial charge in [0.1, 0.15) is 11.4 Å². The van der Waals surface area contributed by atoms with E-state index >= 15 is 0 Å². The number of nitrogens with zero attached hydrogens (tertiary/aromatic N) is 3. The highest BCUT2D eigenvalue weighted by molar-refractivity contribution is 5.69. The van der Waals surface area contributed by atoms with Gasteiger partial charge in [-0.15, -0.1) is 0 Å². The molecule has 0 bridgehead atoms. The summed E-state index contributed by atoms with van der Waals surface area (Å²) in [6.07, 6.45) is 4.07. The lowest BCUT2D eigenvalue weighted by Crippen LogP contribution is -2.54. The summed E-state index contributed by atoms with van der Waals surface area (Å²) in [5.74, 6) is 0.876. The molecule has 3 aliphatic rings. The van der Waals surface area contributed by atoms with Gasteiger partial charge in [0.2, 0.25) is 0 Å². The molecule has 0 saturated carbocycles. The molecule has 7 nitrogen and oxygen atoms in total. The van der Waals surface area contributed by atoms with Gasteiger partial charge in [-0.2, -0.15) is 0 Å². The Labute approximate surface area is 221 Å². The first-order valence-corrected chi connectivity index (χ1v) is 13.9. The number of carbonyl (C=O) groups is 1. The first-order chi connectivity index (χ1) is 17.8. The van der Waals surface area contributed by atoms with E-state index in [0.29, 0.717) is 6.61 Å². The fourth-order valence-electron chi connectivity index (χ4n) is 6.34. The van der Waals surface area contributed by atoms with E-state index in [0.717, 1.165) is 82.0 Å². The molecule has 3 aliphatic heterocycles. The number of piperidine rings is 1. The van der Waals surface area contributed by atoms with E-state index in [1.165, 1.54) is 11.3 Å². The average molecular weight is 507 g/mol. The van der Waals surface area contributed by atoms with E-state index in [9.17, 15) is 4.79 Å². The first-order valence-electron chi connectivity index (χ1n) is 13.9. The summed E-state index contributed by atoms with van der Waals surface area (Å²) in [5.41, 5.74) is 4.18. The summed E-state index contributed by atoms with van der Waals surface area (Å²) >= 11 is 0. The van der Waals surface area contributed by atoms with E-state index in [2.05, 4.69) is 28.4 Å². The van der Waals surface area contributed by atoms with Crippen LogP contribution in [-0.2, 0) is 16.7 Å². The van der Waals surface area contributed by atoms with Gasteiger partial charge in [0.25, 0.3) is 0 Å². The van der Waals surface area contributed by atoms with Crippen LogP contribution in [0.1, 0.15) is 64.6 Å². The second-order valence-corrected chi connectivity index (χ2v) is 11.8. The number of pyridine rings is 1. The molecular weight excluding hydrogens is 464 g/mol. The molecule has 37 heavy (non-hydrogen) atoms. The van der Waals surface area contributed by atoms with E-state index < -0.39 is 5.60 Å². The predicted molar refractivity (Wildman–Crippen MR) is 146 cm³/mol. The van der Waals surface area contributed by atoms with Crippen molar-refractivity contribution in [2.75, 3.05) is 39.3 Å². The number of nitrogens with one attached hydrogen (secondary N) is 1. The van der Waals surface area contributed by atoms with Crippen molar-refractivity contribution in [3.63, 3.8) is 0 Å².